The molecule has 0 aliphatic heterocycles. The van der Waals surface area contributed by atoms with E-state index in [-0.39, 0.29) is 5.91 Å². The van der Waals surface area contributed by atoms with E-state index in [4.69, 9.17) is 11.6 Å². The molecule has 0 fully saturated rings. The third-order valence-corrected chi connectivity index (χ3v) is 6.54. The third-order valence-electron chi connectivity index (χ3n) is 4.04. The standard InChI is InChI=1S/C20H15ClN4O3S3/c1-31(27,28)25-15-8-4-12(5-9-15)16-10-30-20(23-16)24-18(26)17-11-29-19(22-17)13-2-6-14(21)7-3-13/h2-11,25H,1H3,(H,23,24,26). The second-order valence-electron chi connectivity index (χ2n) is 6.49. The van der Waals surface area contributed by atoms with Gasteiger partial charge in [-0.15, -0.1) is 22.7 Å². The molecule has 0 radical (unpaired) electrons. The molecule has 0 bridgehead atoms. The highest BCUT2D eigenvalue weighted by Crippen LogP contribution is 2.28. The van der Waals surface area contributed by atoms with Gasteiger partial charge in [0.05, 0.1) is 11.9 Å². The summed E-state index contributed by atoms with van der Waals surface area (Å²) in [5.74, 6) is -0.343. The van der Waals surface area contributed by atoms with Crippen molar-refractivity contribution in [2.45, 2.75) is 0 Å². The van der Waals surface area contributed by atoms with Gasteiger partial charge in [-0.25, -0.2) is 18.4 Å². The van der Waals surface area contributed by atoms with Crippen molar-refractivity contribution in [3.63, 3.8) is 0 Å². The number of nitrogens with one attached hydrogen (secondary N) is 2. The van der Waals surface area contributed by atoms with E-state index in [1.807, 2.05) is 17.5 Å². The first kappa shape index (κ1) is 21.4. The highest BCUT2D eigenvalue weighted by atomic mass is 35.5. The summed E-state index contributed by atoms with van der Waals surface area (Å²) in [4.78, 5) is 21.4. The summed E-state index contributed by atoms with van der Waals surface area (Å²) in [7, 11) is -3.33. The Kier molecular flexibility index (Phi) is 6.05. The SMILES string of the molecule is CS(=O)(=O)Nc1ccc(-c2csc(NC(=O)c3csc(-c4ccc(Cl)cc4)n3)n2)cc1. The van der Waals surface area contributed by atoms with Crippen LogP contribution in [0.3, 0.4) is 0 Å². The normalized spacial score (nSPS) is 11.3. The van der Waals surface area contributed by atoms with Crippen LogP contribution in [0.1, 0.15) is 10.5 Å². The molecule has 0 aliphatic carbocycles. The fourth-order valence-electron chi connectivity index (χ4n) is 2.65. The Morgan fingerprint density at radius 3 is 2.29 bits per heavy atom. The van der Waals surface area contributed by atoms with Gasteiger partial charge >= 0.3 is 0 Å². The molecular formula is C20H15ClN4O3S3. The zero-order valence-electron chi connectivity index (χ0n) is 16.0. The second kappa shape index (κ2) is 8.75. The van der Waals surface area contributed by atoms with E-state index in [1.165, 1.54) is 22.7 Å². The van der Waals surface area contributed by atoms with Crippen molar-refractivity contribution in [3.8, 4) is 21.8 Å². The predicted octanol–water partition coefficient (Wildman–Crippen LogP) is 5.21. The van der Waals surface area contributed by atoms with Gasteiger partial charge in [0.2, 0.25) is 10.0 Å². The molecule has 0 saturated carbocycles. The first-order chi connectivity index (χ1) is 14.8. The summed E-state index contributed by atoms with van der Waals surface area (Å²) in [6, 6.07) is 14.1. The number of anilines is 2. The Bertz CT molecular complexity index is 1330. The van der Waals surface area contributed by atoms with Crippen LogP contribution < -0.4 is 10.0 Å². The molecule has 7 nitrogen and oxygen atoms in total. The largest absolute Gasteiger partial charge is 0.296 e. The van der Waals surface area contributed by atoms with E-state index >= 15 is 0 Å². The number of aromatic nitrogens is 2. The van der Waals surface area contributed by atoms with Gasteiger partial charge in [0.1, 0.15) is 10.7 Å². The van der Waals surface area contributed by atoms with Crippen molar-refractivity contribution < 1.29 is 13.2 Å². The fourth-order valence-corrected chi connectivity index (χ4v) is 4.86. The van der Waals surface area contributed by atoms with Crippen LogP contribution in [-0.2, 0) is 10.0 Å². The van der Waals surface area contributed by atoms with Crippen molar-refractivity contribution in [1.29, 1.82) is 0 Å². The zero-order chi connectivity index (χ0) is 22.0. The molecule has 31 heavy (non-hydrogen) atoms. The summed E-state index contributed by atoms with van der Waals surface area (Å²) < 4.78 is 25.0. The van der Waals surface area contributed by atoms with Crippen molar-refractivity contribution in [2.24, 2.45) is 0 Å². The number of sulfonamides is 1. The Morgan fingerprint density at radius 1 is 0.935 bits per heavy atom. The van der Waals surface area contributed by atoms with Gasteiger partial charge in [-0.2, -0.15) is 0 Å². The van der Waals surface area contributed by atoms with E-state index in [1.54, 1.807) is 41.8 Å². The molecule has 1 amide bonds. The van der Waals surface area contributed by atoms with E-state index in [2.05, 4.69) is 20.0 Å². The molecule has 0 aliphatic rings. The first-order valence-electron chi connectivity index (χ1n) is 8.83. The monoisotopic (exact) mass is 490 g/mol. The maximum absolute atomic E-state index is 12.5. The van der Waals surface area contributed by atoms with Crippen LogP contribution in [0.4, 0.5) is 10.8 Å². The molecule has 4 aromatic rings. The van der Waals surface area contributed by atoms with E-state index in [9.17, 15) is 13.2 Å². The van der Waals surface area contributed by atoms with Crippen LogP contribution in [0.5, 0.6) is 0 Å². The number of carbonyl (C=O) groups is 1. The molecule has 2 aromatic carbocycles. The average Bonchev–Trinajstić information content (AvgIpc) is 3.38. The maximum atomic E-state index is 12.5. The highest BCUT2D eigenvalue weighted by molar-refractivity contribution is 7.92. The van der Waals surface area contributed by atoms with Gasteiger partial charge in [0.15, 0.2) is 5.13 Å². The molecule has 2 N–H and O–H groups in total. The summed E-state index contributed by atoms with van der Waals surface area (Å²) in [5.41, 5.74) is 3.14. The molecule has 0 saturated heterocycles. The number of hydrogen-bond donors (Lipinski definition) is 2. The lowest BCUT2D eigenvalue weighted by Gasteiger charge is -2.04. The second-order valence-corrected chi connectivity index (χ2v) is 10.4. The molecule has 2 heterocycles. The number of carbonyl (C=O) groups excluding carboxylic acids is 1. The van der Waals surface area contributed by atoms with Gasteiger partial charge in [-0.05, 0) is 24.3 Å². The summed E-state index contributed by atoms with van der Waals surface area (Å²) >= 11 is 8.58. The van der Waals surface area contributed by atoms with Crippen LogP contribution in [0.25, 0.3) is 21.8 Å². The van der Waals surface area contributed by atoms with Crippen molar-refractivity contribution in [3.05, 3.63) is 70.0 Å². The van der Waals surface area contributed by atoms with Gasteiger partial charge in [0, 0.05) is 32.6 Å². The van der Waals surface area contributed by atoms with Crippen molar-refractivity contribution in [1.82, 2.24) is 9.97 Å². The lowest BCUT2D eigenvalue weighted by Crippen LogP contribution is -2.12. The van der Waals surface area contributed by atoms with Crippen LogP contribution in [0, 0.1) is 0 Å². The quantitative estimate of drug-likeness (QED) is 0.386. The molecule has 2 aromatic heterocycles. The topological polar surface area (TPSA) is 101 Å². The van der Waals surface area contributed by atoms with Crippen LogP contribution in [0.2, 0.25) is 5.02 Å². The first-order valence-corrected chi connectivity index (χ1v) is 12.9. The Labute approximate surface area is 191 Å². The molecule has 0 unspecified atom stereocenters. The molecule has 11 heteroatoms. The smallest absolute Gasteiger partial charge is 0.276 e. The number of rotatable bonds is 6. The summed E-state index contributed by atoms with van der Waals surface area (Å²) in [6.45, 7) is 0. The number of nitrogens with zero attached hydrogens (tertiary/aromatic N) is 2. The lowest BCUT2D eigenvalue weighted by molar-refractivity contribution is 0.102. The van der Waals surface area contributed by atoms with E-state index < -0.39 is 10.0 Å². The van der Waals surface area contributed by atoms with Crippen LogP contribution in [-0.4, -0.2) is 30.5 Å². The van der Waals surface area contributed by atoms with Crippen molar-refractivity contribution >= 4 is 61.0 Å². The minimum Gasteiger partial charge on any atom is -0.296 e. The predicted molar refractivity (Wildman–Crippen MR) is 127 cm³/mol. The Balaban J connectivity index is 1.44. The number of thiazole rings is 2. The van der Waals surface area contributed by atoms with Gasteiger partial charge in [0.25, 0.3) is 5.91 Å². The summed E-state index contributed by atoms with van der Waals surface area (Å²) in [6.07, 6.45) is 1.09. The average molecular weight is 491 g/mol. The van der Waals surface area contributed by atoms with Crippen LogP contribution >= 0.6 is 34.3 Å². The lowest BCUT2D eigenvalue weighted by atomic mass is 10.1. The Hall–Kier alpha value is -2.79. The molecule has 158 valence electrons. The van der Waals surface area contributed by atoms with Crippen molar-refractivity contribution in [2.75, 3.05) is 16.3 Å². The number of benzene rings is 2. The van der Waals surface area contributed by atoms with Gasteiger partial charge in [-0.1, -0.05) is 35.9 Å². The minimum atomic E-state index is -3.33. The van der Waals surface area contributed by atoms with Gasteiger partial charge in [-0.3, -0.25) is 14.8 Å². The molecular weight excluding hydrogens is 476 g/mol. The molecule has 0 atom stereocenters. The molecule has 0 spiro atoms. The Morgan fingerprint density at radius 2 is 1.61 bits per heavy atom. The third kappa shape index (κ3) is 5.47. The zero-order valence-corrected chi connectivity index (χ0v) is 19.2. The maximum Gasteiger partial charge on any atom is 0.276 e. The minimum absolute atomic E-state index is 0.308. The fraction of sp³-hybridized carbons (Fsp3) is 0.0500. The number of halogens is 1. The highest BCUT2D eigenvalue weighted by Gasteiger charge is 2.14. The van der Waals surface area contributed by atoms with Gasteiger partial charge < -0.3 is 0 Å². The van der Waals surface area contributed by atoms with Crippen LogP contribution in [0.15, 0.2) is 59.3 Å². The summed E-state index contributed by atoms with van der Waals surface area (Å²) in [5, 5.41) is 8.08. The molecule has 4 rings (SSSR count). The van der Waals surface area contributed by atoms with E-state index in [0.29, 0.717) is 27.2 Å². The number of amides is 1. The van der Waals surface area contributed by atoms with E-state index in [0.717, 1.165) is 22.4 Å². The number of hydrogen-bond acceptors (Lipinski definition) is 7.